The number of nitrogens with one attached hydrogen (secondary N) is 1. The summed E-state index contributed by atoms with van der Waals surface area (Å²) in [7, 11) is 0. The Morgan fingerprint density at radius 3 is 2.92 bits per heavy atom. The molecule has 2 heterocycles. The van der Waals surface area contributed by atoms with Gasteiger partial charge in [-0.3, -0.25) is 0 Å². The molecular weight excluding hydrogens is 206 g/mol. The maximum Gasteiger partial charge on any atom is 0.205 e. The summed E-state index contributed by atoms with van der Waals surface area (Å²) >= 11 is 2.88. The van der Waals surface area contributed by atoms with Gasteiger partial charge in [-0.2, -0.15) is 0 Å². The van der Waals surface area contributed by atoms with E-state index in [1.165, 1.54) is 22.9 Å². The van der Waals surface area contributed by atoms with Crippen molar-refractivity contribution >= 4 is 28.0 Å². The molecule has 0 aliphatic heterocycles. The lowest BCUT2D eigenvalue weighted by Crippen LogP contribution is -1.99. The van der Waals surface area contributed by atoms with E-state index in [4.69, 9.17) is 0 Å². The predicted octanol–water partition coefficient (Wildman–Crippen LogP) is 1.31. The highest BCUT2D eigenvalue weighted by atomic mass is 32.1. The van der Waals surface area contributed by atoms with Gasteiger partial charge in [-0.25, -0.2) is 0 Å². The predicted molar refractivity (Wildman–Crippen MR) is 51.9 cm³/mol. The van der Waals surface area contributed by atoms with Gasteiger partial charge in [0.15, 0.2) is 0 Å². The summed E-state index contributed by atoms with van der Waals surface area (Å²) in [4.78, 5) is 0. The second kappa shape index (κ2) is 3.75. The van der Waals surface area contributed by atoms with E-state index in [1.54, 1.807) is 0 Å². The van der Waals surface area contributed by atoms with Crippen LogP contribution < -0.4 is 5.32 Å². The van der Waals surface area contributed by atoms with E-state index < -0.39 is 0 Å². The van der Waals surface area contributed by atoms with Crippen molar-refractivity contribution in [2.75, 3.05) is 5.32 Å². The summed E-state index contributed by atoms with van der Waals surface area (Å²) in [5.74, 6) is 0. The monoisotopic (exact) mass is 213 g/mol. The van der Waals surface area contributed by atoms with Crippen molar-refractivity contribution in [3.63, 3.8) is 0 Å². The molecule has 0 aliphatic rings. The zero-order chi connectivity index (χ0) is 9.10. The fraction of sp³-hybridized carbons (Fsp3) is 0.333. The molecule has 0 radical (unpaired) electrons. The minimum absolute atomic E-state index is 0.658. The normalized spacial score (nSPS) is 10.2. The van der Waals surface area contributed by atoms with Gasteiger partial charge in [0.1, 0.15) is 5.01 Å². The summed E-state index contributed by atoms with van der Waals surface area (Å²) in [5, 5.41) is 18.5. The van der Waals surface area contributed by atoms with Crippen molar-refractivity contribution in [1.82, 2.24) is 19.8 Å². The van der Waals surface area contributed by atoms with Crippen LogP contribution in [0.3, 0.4) is 0 Å². The number of anilines is 1. The maximum absolute atomic E-state index is 3.93. The molecule has 13 heavy (non-hydrogen) atoms. The summed E-state index contributed by atoms with van der Waals surface area (Å²) in [5.41, 5.74) is 0.929. The maximum atomic E-state index is 3.93. The third-order valence-corrected chi connectivity index (χ3v) is 2.70. The van der Waals surface area contributed by atoms with Gasteiger partial charge >= 0.3 is 0 Å². The smallest absolute Gasteiger partial charge is 0.205 e. The van der Waals surface area contributed by atoms with Crippen LogP contribution in [-0.4, -0.2) is 19.8 Å². The first-order valence-corrected chi connectivity index (χ1v) is 5.30. The Labute approximate surface area is 83.0 Å². The fourth-order valence-electron chi connectivity index (χ4n) is 0.795. The zero-order valence-electron chi connectivity index (χ0n) is 6.89. The molecule has 2 aromatic rings. The van der Waals surface area contributed by atoms with Gasteiger partial charge in [-0.15, -0.1) is 15.3 Å². The van der Waals surface area contributed by atoms with E-state index in [0.29, 0.717) is 6.54 Å². The highest BCUT2D eigenvalue weighted by molar-refractivity contribution is 7.15. The molecule has 2 aromatic heterocycles. The van der Waals surface area contributed by atoms with Gasteiger partial charge in [-0.1, -0.05) is 15.8 Å². The Morgan fingerprint density at radius 2 is 2.31 bits per heavy atom. The van der Waals surface area contributed by atoms with Crippen molar-refractivity contribution < 1.29 is 0 Å². The molecule has 5 nitrogen and oxygen atoms in total. The molecule has 68 valence electrons. The van der Waals surface area contributed by atoms with Crippen molar-refractivity contribution in [2.24, 2.45) is 0 Å². The highest BCUT2D eigenvalue weighted by Crippen LogP contribution is 2.14. The van der Waals surface area contributed by atoms with E-state index in [-0.39, 0.29) is 0 Å². The van der Waals surface area contributed by atoms with Crippen LogP contribution in [0.15, 0.2) is 5.38 Å². The van der Waals surface area contributed by atoms with Crippen LogP contribution in [0.5, 0.6) is 0 Å². The van der Waals surface area contributed by atoms with Crippen LogP contribution in [0.2, 0.25) is 0 Å². The summed E-state index contributed by atoms with van der Waals surface area (Å²) in [6.07, 6.45) is 0. The molecule has 0 bridgehead atoms. The van der Waals surface area contributed by atoms with Gasteiger partial charge in [0.2, 0.25) is 5.13 Å². The van der Waals surface area contributed by atoms with E-state index >= 15 is 0 Å². The Bertz CT molecular complexity index is 368. The molecule has 0 aliphatic carbocycles. The lowest BCUT2D eigenvalue weighted by molar-refractivity contribution is 0.977. The van der Waals surface area contributed by atoms with Crippen LogP contribution in [0, 0.1) is 6.92 Å². The van der Waals surface area contributed by atoms with Crippen molar-refractivity contribution in [3.05, 3.63) is 16.1 Å². The van der Waals surface area contributed by atoms with Crippen LogP contribution in [0.1, 0.15) is 10.7 Å². The molecule has 0 fully saturated rings. The van der Waals surface area contributed by atoms with Crippen LogP contribution >= 0.6 is 22.9 Å². The van der Waals surface area contributed by atoms with Gasteiger partial charge in [0.25, 0.3) is 0 Å². The molecule has 0 saturated carbocycles. The highest BCUT2D eigenvalue weighted by Gasteiger charge is 2.00. The Hall–Kier alpha value is -1.08. The first kappa shape index (κ1) is 8.52. The second-order valence-corrected chi connectivity index (χ2v) is 4.17. The Kier molecular flexibility index (Phi) is 2.46. The second-order valence-electron chi connectivity index (χ2n) is 2.38. The number of rotatable bonds is 3. The van der Waals surface area contributed by atoms with Gasteiger partial charge in [0, 0.05) is 5.38 Å². The molecule has 0 spiro atoms. The SMILES string of the molecule is Cc1nnc(NCc2csnn2)s1. The third kappa shape index (κ3) is 2.19. The first-order valence-electron chi connectivity index (χ1n) is 3.64. The number of aromatic nitrogens is 4. The van der Waals surface area contributed by atoms with E-state index in [9.17, 15) is 0 Å². The number of aryl methyl sites for hydroxylation is 1. The van der Waals surface area contributed by atoms with Crippen LogP contribution in [-0.2, 0) is 6.54 Å². The standard InChI is InChI=1S/C6H7N5S2/c1-4-8-10-6(13-4)7-2-5-3-12-11-9-5/h3H,2H2,1H3,(H,7,10). The molecule has 0 aromatic carbocycles. The molecule has 1 N–H and O–H groups in total. The van der Waals surface area contributed by atoms with E-state index in [2.05, 4.69) is 25.1 Å². The molecule has 7 heteroatoms. The topological polar surface area (TPSA) is 63.6 Å². The minimum Gasteiger partial charge on any atom is -0.354 e. The molecule has 2 rings (SSSR count). The third-order valence-electron chi connectivity index (χ3n) is 1.35. The van der Waals surface area contributed by atoms with Gasteiger partial charge < -0.3 is 5.32 Å². The van der Waals surface area contributed by atoms with Crippen molar-refractivity contribution in [2.45, 2.75) is 13.5 Å². The van der Waals surface area contributed by atoms with E-state index in [0.717, 1.165) is 15.8 Å². The van der Waals surface area contributed by atoms with Gasteiger partial charge in [0.05, 0.1) is 12.2 Å². The Morgan fingerprint density at radius 1 is 1.38 bits per heavy atom. The average molecular weight is 213 g/mol. The molecule has 0 unspecified atom stereocenters. The number of hydrogen-bond acceptors (Lipinski definition) is 7. The minimum atomic E-state index is 0.658. The lowest BCUT2D eigenvalue weighted by atomic mass is 10.5. The molecular formula is C6H7N5S2. The zero-order valence-corrected chi connectivity index (χ0v) is 8.52. The Balaban J connectivity index is 1.93. The average Bonchev–Trinajstić information content (AvgIpc) is 2.71. The summed E-state index contributed by atoms with van der Waals surface area (Å²) < 4.78 is 3.76. The van der Waals surface area contributed by atoms with Crippen LogP contribution in [0.25, 0.3) is 0 Å². The molecule has 0 atom stereocenters. The summed E-state index contributed by atoms with van der Waals surface area (Å²) in [6.45, 7) is 2.58. The van der Waals surface area contributed by atoms with Crippen molar-refractivity contribution in [3.8, 4) is 0 Å². The fourth-order valence-corrected chi connectivity index (χ4v) is 1.83. The number of nitrogens with zero attached hydrogens (tertiary/aromatic N) is 4. The van der Waals surface area contributed by atoms with Crippen LogP contribution in [0.4, 0.5) is 5.13 Å². The first-order chi connectivity index (χ1) is 6.34. The van der Waals surface area contributed by atoms with E-state index in [1.807, 2.05) is 12.3 Å². The van der Waals surface area contributed by atoms with Crippen molar-refractivity contribution in [1.29, 1.82) is 0 Å². The van der Waals surface area contributed by atoms with Gasteiger partial charge in [-0.05, 0) is 18.5 Å². The quantitative estimate of drug-likeness (QED) is 0.832. The largest absolute Gasteiger partial charge is 0.354 e. The summed E-state index contributed by atoms with van der Waals surface area (Å²) in [6, 6.07) is 0. The lowest BCUT2D eigenvalue weighted by Gasteiger charge is -1.95. The number of hydrogen-bond donors (Lipinski definition) is 1. The molecule has 0 saturated heterocycles. The molecule has 0 amide bonds.